The van der Waals surface area contributed by atoms with Gasteiger partial charge in [0.1, 0.15) is 72.9 Å². The van der Waals surface area contributed by atoms with Crippen LogP contribution in [0.1, 0.15) is 126 Å². The first-order valence-corrected chi connectivity index (χ1v) is 24.0. The molecule has 5 aliphatic carbocycles. The maximum Gasteiger partial charge on any atom is 0.315 e. The number of allylic oxidation sites excluding steroid dienone is 2. The Hall–Kier alpha value is -1.68. The lowest BCUT2D eigenvalue weighted by molar-refractivity contribution is -0.361. The van der Waals surface area contributed by atoms with Gasteiger partial charge in [0.05, 0.1) is 24.7 Å². The van der Waals surface area contributed by atoms with E-state index >= 15 is 4.79 Å². The van der Waals surface area contributed by atoms with Crippen LogP contribution in [0.3, 0.4) is 0 Å². The fourth-order valence-corrected chi connectivity index (χ4v) is 15.0. The zero-order valence-electron chi connectivity index (χ0n) is 39.3. The molecular weight excluding hydrogens is 849 g/mol. The van der Waals surface area contributed by atoms with E-state index in [4.69, 9.17) is 28.4 Å². The molecule has 0 radical (unpaired) electrons. The summed E-state index contributed by atoms with van der Waals surface area (Å²) >= 11 is 0. The minimum Gasteiger partial charge on any atom is -0.432 e. The first-order valence-electron chi connectivity index (χ1n) is 24.0. The molecule has 17 nitrogen and oxygen atoms in total. The second-order valence-electron chi connectivity index (χ2n) is 23.2. The number of aliphatic hydroxyl groups excluding tert-OH is 9. The number of aliphatic hydroxyl groups is 9. The molecule has 3 aliphatic heterocycles. The number of rotatable bonds is 8. The SMILES string of the molecule is CC1OC(OC2C(CO)OC(OCC3OC(OC(=O)C45CCC6=C(CCC7C6(C)CCC6C(C)(C)C(=O)CCC67C)C4(C)CC(C)(C)CC5)C(O)C(O)C3O)C(O)C2O)C(O)C(O)C1O. The van der Waals surface area contributed by atoms with Crippen LogP contribution in [-0.2, 0) is 38.0 Å². The van der Waals surface area contributed by atoms with Crippen molar-refractivity contribution in [3.63, 3.8) is 0 Å². The van der Waals surface area contributed by atoms with Gasteiger partial charge in [-0.1, -0.05) is 59.6 Å². The highest BCUT2D eigenvalue weighted by Crippen LogP contribution is 2.74. The lowest BCUT2D eigenvalue weighted by Crippen LogP contribution is -2.65. The molecule has 0 aromatic rings. The van der Waals surface area contributed by atoms with Gasteiger partial charge in [-0.2, -0.15) is 0 Å². The van der Waals surface area contributed by atoms with Gasteiger partial charge in [0.2, 0.25) is 6.29 Å². The van der Waals surface area contributed by atoms with Crippen LogP contribution in [0.2, 0.25) is 0 Å². The molecule has 0 amide bonds. The summed E-state index contributed by atoms with van der Waals surface area (Å²) in [4.78, 5) is 28.3. The molecule has 0 spiro atoms. The topological polar surface area (TPSA) is 272 Å². The van der Waals surface area contributed by atoms with E-state index in [0.717, 1.165) is 51.4 Å². The van der Waals surface area contributed by atoms with Crippen LogP contribution in [0.25, 0.3) is 0 Å². The number of hydrogen-bond acceptors (Lipinski definition) is 17. The van der Waals surface area contributed by atoms with Gasteiger partial charge < -0.3 is 74.4 Å². The third kappa shape index (κ3) is 7.82. The fraction of sp³-hybridized carbons (Fsp3) is 0.917. The van der Waals surface area contributed by atoms with Crippen molar-refractivity contribution >= 4 is 11.8 Å². The van der Waals surface area contributed by atoms with Crippen molar-refractivity contribution in [1.29, 1.82) is 0 Å². The van der Waals surface area contributed by atoms with Crippen LogP contribution in [0.4, 0.5) is 0 Å². The van der Waals surface area contributed by atoms with Gasteiger partial charge in [-0.15, -0.1) is 0 Å². The van der Waals surface area contributed by atoms with Crippen molar-refractivity contribution in [2.75, 3.05) is 13.2 Å². The van der Waals surface area contributed by atoms with Crippen molar-refractivity contribution < 1.29 is 84.0 Å². The number of Topliss-reactive ketones (excluding diaryl/α,β-unsaturated/α-hetero) is 1. The lowest BCUT2D eigenvalue weighted by atomic mass is 9.36. The summed E-state index contributed by atoms with van der Waals surface area (Å²) in [5.74, 6) is 0.548. The maximum absolute atomic E-state index is 15.0. The van der Waals surface area contributed by atoms with Crippen LogP contribution >= 0.6 is 0 Å². The Morgan fingerprint density at radius 1 is 0.646 bits per heavy atom. The Kier molecular flexibility index (Phi) is 13.3. The summed E-state index contributed by atoms with van der Waals surface area (Å²) in [7, 11) is 0. The number of ketones is 1. The number of esters is 1. The first kappa shape index (κ1) is 49.7. The van der Waals surface area contributed by atoms with Gasteiger partial charge >= 0.3 is 5.97 Å². The number of carbonyl (C=O) groups is 2. The number of fused-ring (bicyclic) bond motifs is 6. The van der Waals surface area contributed by atoms with E-state index in [0.29, 0.717) is 36.9 Å². The Bertz CT molecular complexity index is 1840. The summed E-state index contributed by atoms with van der Waals surface area (Å²) in [6.45, 7) is 15.9. The number of hydrogen-bond donors (Lipinski definition) is 9. The molecule has 0 aromatic carbocycles. The highest BCUT2D eigenvalue weighted by Gasteiger charge is 2.68. The minimum absolute atomic E-state index is 0.0201. The Morgan fingerprint density at radius 2 is 1.29 bits per heavy atom. The van der Waals surface area contributed by atoms with Crippen LogP contribution in [-0.4, -0.2) is 163 Å². The van der Waals surface area contributed by atoms with Crippen molar-refractivity contribution in [2.45, 2.75) is 218 Å². The molecule has 9 N–H and O–H groups in total. The van der Waals surface area contributed by atoms with E-state index in [1.54, 1.807) is 0 Å². The molecule has 8 aliphatic rings. The summed E-state index contributed by atoms with van der Waals surface area (Å²) in [5.41, 5.74) is 0.735. The van der Waals surface area contributed by atoms with E-state index < -0.39 is 122 Å². The van der Waals surface area contributed by atoms with Crippen LogP contribution < -0.4 is 0 Å². The molecule has 21 unspecified atom stereocenters. The predicted octanol–water partition coefficient (Wildman–Crippen LogP) is 1.52. The molecule has 65 heavy (non-hydrogen) atoms. The molecule has 0 aromatic heterocycles. The molecule has 3 heterocycles. The normalized spacial score (nSPS) is 51.8. The van der Waals surface area contributed by atoms with Crippen molar-refractivity contribution in [2.24, 2.45) is 44.3 Å². The first-order chi connectivity index (χ1) is 30.3. The molecule has 6 fully saturated rings. The van der Waals surface area contributed by atoms with Crippen LogP contribution in [0.5, 0.6) is 0 Å². The van der Waals surface area contributed by atoms with Gasteiger partial charge in [0.25, 0.3) is 0 Å². The van der Waals surface area contributed by atoms with Crippen LogP contribution in [0, 0.1) is 44.3 Å². The van der Waals surface area contributed by atoms with E-state index in [9.17, 15) is 50.8 Å². The van der Waals surface area contributed by atoms with Gasteiger partial charge in [-0.25, -0.2) is 0 Å². The van der Waals surface area contributed by atoms with Crippen molar-refractivity contribution in [3.05, 3.63) is 11.1 Å². The number of carbonyl (C=O) groups excluding carboxylic acids is 2. The average molecular weight is 925 g/mol. The second-order valence-corrected chi connectivity index (χ2v) is 23.2. The van der Waals surface area contributed by atoms with E-state index in [1.165, 1.54) is 18.1 Å². The minimum atomic E-state index is -1.84. The molecule has 17 heteroatoms. The monoisotopic (exact) mass is 925 g/mol. The third-order valence-electron chi connectivity index (χ3n) is 18.7. The molecule has 3 saturated heterocycles. The third-order valence-corrected chi connectivity index (χ3v) is 18.7. The zero-order chi connectivity index (χ0) is 47.6. The zero-order valence-corrected chi connectivity index (χ0v) is 39.3. The van der Waals surface area contributed by atoms with Gasteiger partial charge in [0.15, 0.2) is 12.6 Å². The molecule has 21 atom stereocenters. The fourth-order valence-electron chi connectivity index (χ4n) is 15.0. The molecule has 0 bridgehead atoms. The lowest BCUT2D eigenvalue weighted by Gasteiger charge is -2.67. The van der Waals surface area contributed by atoms with E-state index in [-0.39, 0.29) is 21.7 Å². The smallest absolute Gasteiger partial charge is 0.315 e. The molecule has 370 valence electrons. The highest BCUT2D eigenvalue weighted by molar-refractivity contribution is 5.85. The highest BCUT2D eigenvalue weighted by atomic mass is 16.8. The molecular formula is C48H76O17. The van der Waals surface area contributed by atoms with Gasteiger partial charge in [-0.3, -0.25) is 9.59 Å². The Labute approximate surface area is 381 Å². The van der Waals surface area contributed by atoms with Gasteiger partial charge in [-0.05, 0) is 99.2 Å². The summed E-state index contributed by atoms with van der Waals surface area (Å²) in [6, 6.07) is 0. The largest absolute Gasteiger partial charge is 0.432 e. The standard InChI is InChI=1S/C48H76O17/c1-22-30(51)32(53)35(56)40(61-22)64-38-25(19-49)62-39(37(58)34(38)55)60-20-26-31(52)33(54)36(57)41(63-26)65-42(59)48-16-11-23-24(47(48,8)21-43(2,3)17-18-48)9-10-28-45(23,6)14-12-27-44(4,5)29(50)13-15-46(27,28)7/h22,25-28,30-41,49,51-58H,9-21H2,1-8H3. The summed E-state index contributed by atoms with van der Waals surface area (Å²) < 4.78 is 34.8. The average Bonchev–Trinajstić information content (AvgIpc) is 3.24. The predicted molar refractivity (Wildman–Crippen MR) is 228 cm³/mol. The molecule has 8 rings (SSSR count). The summed E-state index contributed by atoms with van der Waals surface area (Å²) in [5, 5.41) is 96.5. The maximum atomic E-state index is 15.0. The second kappa shape index (κ2) is 17.3. The summed E-state index contributed by atoms with van der Waals surface area (Å²) in [6.07, 6.45) is -15.4. The van der Waals surface area contributed by atoms with Gasteiger partial charge in [0, 0.05) is 17.3 Å². The quantitative estimate of drug-likeness (QED) is 0.123. The Morgan fingerprint density at radius 3 is 1.98 bits per heavy atom. The Balaban J connectivity index is 0.982. The number of ether oxygens (including phenoxy) is 6. The van der Waals surface area contributed by atoms with Crippen molar-refractivity contribution in [3.8, 4) is 0 Å². The van der Waals surface area contributed by atoms with E-state index in [1.807, 2.05) is 0 Å². The molecule has 3 saturated carbocycles. The van der Waals surface area contributed by atoms with E-state index in [2.05, 4.69) is 48.5 Å². The van der Waals surface area contributed by atoms with Crippen LogP contribution in [0.15, 0.2) is 11.1 Å². The van der Waals surface area contributed by atoms with Crippen molar-refractivity contribution in [1.82, 2.24) is 0 Å².